The molecule has 39 heavy (non-hydrogen) atoms. The Labute approximate surface area is 230 Å². The lowest BCUT2D eigenvalue weighted by Gasteiger charge is -2.40. The highest BCUT2D eigenvalue weighted by atomic mass is 16.5. The van der Waals surface area contributed by atoms with E-state index in [2.05, 4.69) is 56.4 Å². The van der Waals surface area contributed by atoms with Gasteiger partial charge in [0.15, 0.2) is 5.82 Å². The second-order valence-corrected chi connectivity index (χ2v) is 11.8. The Morgan fingerprint density at radius 3 is 2.49 bits per heavy atom. The van der Waals surface area contributed by atoms with Gasteiger partial charge >= 0.3 is 0 Å². The first-order valence-electron chi connectivity index (χ1n) is 14.9. The fraction of sp³-hybridized carbons (Fsp3) is 0.548. The maximum absolute atomic E-state index is 5.69. The van der Waals surface area contributed by atoms with Gasteiger partial charge < -0.3 is 19.7 Å². The number of hydrogen-bond donors (Lipinski definition) is 1. The van der Waals surface area contributed by atoms with Crippen molar-refractivity contribution in [2.45, 2.75) is 43.8 Å². The van der Waals surface area contributed by atoms with Crippen LogP contribution in [0.1, 0.15) is 36.3 Å². The van der Waals surface area contributed by atoms with E-state index in [0.29, 0.717) is 18.0 Å². The van der Waals surface area contributed by atoms with Crippen molar-refractivity contribution in [3.05, 3.63) is 47.5 Å². The van der Waals surface area contributed by atoms with Crippen LogP contribution in [0.15, 0.2) is 36.4 Å². The molecule has 0 bridgehead atoms. The summed E-state index contributed by atoms with van der Waals surface area (Å²) in [4.78, 5) is 18.1. The number of benzene rings is 2. The second-order valence-electron chi connectivity index (χ2n) is 11.8. The highest BCUT2D eigenvalue weighted by Crippen LogP contribution is 2.54. The molecule has 2 atom stereocenters. The average molecular weight is 527 g/mol. The highest BCUT2D eigenvalue weighted by molar-refractivity contribution is 5.92. The van der Waals surface area contributed by atoms with E-state index < -0.39 is 0 Å². The van der Waals surface area contributed by atoms with Crippen LogP contribution >= 0.6 is 0 Å². The van der Waals surface area contributed by atoms with Crippen molar-refractivity contribution in [1.82, 2.24) is 19.8 Å². The number of nitrogens with zero attached hydrogens (tertiary/aromatic N) is 5. The monoisotopic (exact) mass is 526 g/mol. The minimum absolute atomic E-state index is 0.599. The largest absolute Gasteiger partial charge is 0.381 e. The molecule has 0 spiro atoms. The molecule has 8 rings (SSSR count). The Morgan fingerprint density at radius 2 is 1.67 bits per heavy atom. The highest BCUT2D eigenvalue weighted by Gasteiger charge is 2.46. The van der Waals surface area contributed by atoms with Crippen molar-refractivity contribution >= 4 is 22.4 Å². The predicted molar refractivity (Wildman–Crippen MR) is 153 cm³/mol. The predicted octanol–water partition coefficient (Wildman–Crippen LogP) is 3.71. The zero-order valence-corrected chi connectivity index (χ0v) is 22.6. The molecule has 4 fully saturated rings. The Balaban J connectivity index is 1.08. The summed E-state index contributed by atoms with van der Waals surface area (Å²) in [7, 11) is 0. The summed E-state index contributed by atoms with van der Waals surface area (Å²) >= 11 is 0. The van der Waals surface area contributed by atoms with E-state index in [-0.39, 0.29) is 0 Å². The molecule has 1 aromatic heterocycles. The third kappa shape index (κ3) is 4.57. The van der Waals surface area contributed by atoms with Gasteiger partial charge in [-0.3, -0.25) is 9.80 Å². The van der Waals surface area contributed by atoms with Gasteiger partial charge in [-0.05, 0) is 61.7 Å². The minimum Gasteiger partial charge on any atom is -0.381 e. The van der Waals surface area contributed by atoms with Gasteiger partial charge in [0.1, 0.15) is 5.82 Å². The number of anilines is 2. The summed E-state index contributed by atoms with van der Waals surface area (Å²) in [6.07, 6.45) is 3.72. The van der Waals surface area contributed by atoms with Crippen molar-refractivity contribution in [2.24, 2.45) is 0 Å². The smallest absolute Gasteiger partial charge is 0.162 e. The SMILES string of the molecule is c1cc2c(c(-c3nc(N4CCOCC4)c4cc(CN5CCC(N6CCOCC6)CC5)ccc4n3)c1)C1CC1N2. The van der Waals surface area contributed by atoms with Crippen molar-refractivity contribution < 1.29 is 9.47 Å². The first-order chi connectivity index (χ1) is 19.3. The van der Waals surface area contributed by atoms with Gasteiger partial charge in [0.05, 0.1) is 31.9 Å². The number of morpholine rings is 2. The van der Waals surface area contributed by atoms with Crippen molar-refractivity contribution in [3.63, 3.8) is 0 Å². The summed E-state index contributed by atoms with van der Waals surface area (Å²) in [5.74, 6) is 2.52. The van der Waals surface area contributed by atoms with Gasteiger partial charge in [0, 0.05) is 67.4 Å². The van der Waals surface area contributed by atoms with Gasteiger partial charge in [-0.1, -0.05) is 18.2 Å². The Bertz CT molecular complexity index is 1360. The molecule has 1 N–H and O–H groups in total. The van der Waals surface area contributed by atoms with Crippen LogP contribution in [-0.4, -0.2) is 97.5 Å². The zero-order valence-electron chi connectivity index (χ0n) is 22.6. The quantitative estimate of drug-likeness (QED) is 0.540. The zero-order chi connectivity index (χ0) is 25.8. The Kier molecular flexibility index (Phi) is 6.17. The second kappa shape index (κ2) is 10.0. The van der Waals surface area contributed by atoms with Gasteiger partial charge in [-0.2, -0.15) is 0 Å². The summed E-state index contributed by atoms with van der Waals surface area (Å²) in [6, 6.07) is 14.7. The van der Waals surface area contributed by atoms with E-state index in [9.17, 15) is 0 Å². The van der Waals surface area contributed by atoms with Crippen LogP contribution in [-0.2, 0) is 16.0 Å². The molecular formula is C31H38N6O2. The maximum atomic E-state index is 5.69. The molecule has 1 aliphatic carbocycles. The van der Waals surface area contributed by atoms with Crippen molar-refractivity contribution in [3.8, 4) is 11.4 Å². The number of fused-ring (bicyclic) bond motifs is 4. The molecule has 8 heteroatoms. The molecule has 8 nitrogen and oxygen atoms in total. The van der Waals surface area contributed by atoms with E-state index >= 15 is 0 Å². The summed E-state index contributed by atoms with van der Waals surface area (Å²) < 4.78 is 11.3. The molecule has 2 unspecified atom stereocenters. The molecule has 3 aromatic rings. The molecule has 0 radical (unpaired) electrons. The van der Waals surface area contributed by atoms with Gasteiger partial charge in [-0.15, -0.1) is 0 Å². The summed E-state index contributed by atoms with van der Waals surface area (Å²) in [5.41, 5.74) is 6.24. The van der Waals surface area contributed by atoms with Gasteiger partial charge in [0.25, 0.3) is 0 Å². The number of nitrogens with one attached hydrogen (secondary N) is 1. The molecule has 204 valence electrons. The molecule has 3 saturated heterocycles. The molecule has 2 aromatic carbocycles. The topological polar surface area (TPSA) is 66.0 Å². The van der Waals surface area contributed by atoms with Crippen LogP contribution in [0.3, 0.4) is 0 Å². The molecule has 4 aliphatic heterocycles. The van der Waals surface area contributed by atoms with Crippen LogP contribution in [0.5, 0.6) is 0 Å². The van der Waals surface area contributed by atoms with Crippen LogP contribution < -0.4 is 10.2 Å². The molecular weight excluding hydrogens is 488 g/mol. The standard InChI is InChI=1S/C31H38N6O2/c1-2-23(29-24-19-28(24)32-27(29)3-1)30-33-26-5-4-21(18-25(26)31(34-30)37-12-16-39-17-13-37)20-35-8-6-22(7-9-35)36-10-14-38-15-11-36/h1-5,18,22,24,28,32H,6-17,19-20H2. The maximum Gasteiger partial charge on any atom is 0.162 e. The van der Waals surface area contributed by atoms with E-state index in [1.54, 1.807) is 0 Å². The van der Waals surface area contributed by atoms with Crippen LogP contribution in [0.4, 0.5) is 11.5 Å². The van der Waals surface area contributed by atoms with E-state index in [1.165, 1.54) is 41.6 Å². The molecule has 1 saturated carbocycles. The van der Waals surface area contributed by atoms with Crippen LogP contribution in [0.2, 0.25) is 0 Å². The fourth-order valence-corrected chi connectivity index (χ4v) is 7.20. The fourth-order valence-electron chi connectivity index (χ4n) is 7.20. The first kappa shape index (κ1) is 24.1. The van der Waals surface area contributed by atoms with E-state index in [1.807, 2.05) is 0 Å². The van der Waals surface area contributed by atoms with E-state index in [4.69, 9.17) is 19.4 Å². The number of ether oxygens (including phenoxy) is 2. The number of hydrogen-bond acceptors (Lipinski definition) is 8. The lowest BCUT2D eigenvalue weighted by atomic mass is 10.0. The van der Waals surface area contributed by atoms with Gasteiger partial charge in [-0.25, -0.2) is 9.97 Å². The molecule has 5 heterocycles. The number of likely N-dealkylation sites (tertiary alicyclic amines) is 1. The van der Waals surface area contributed by atoms with Crippen molar-refractivity contribution in [1.29, 1.82) is 0 Å². The van der Waals surface area contributed by atoms with Crippen molar-refractivity contribution in [2.75, 3.05) is 75.9 Å². The van der Waals surface area contributed by atoms with E-state index in [0.717, 1.165) is 94.8 Å². The lowest BCUT2D eigenvalue weighted by molar-refractivity contribution is 0.000233. The Hall–Kier alpha value is -2.78. The summed E-state index contributed by atoms with van der Waals surface area (Å²) in [5, 5.41) is 4.83. The first-order valence-corrected chi connectivity index (χ1v) is 14.9. The lowest BCUT2D eigenvalue weighted by Crippen LogP contribution is -2.48. The van der Waals surface area contributed by atoms with Crippen LogP contribution in [0, 0.1) is 0 Å². The third-order valence-corrected chi connectivity index (χ3v) is 9.43. The normalized spacial score (nSPS) is 25.9. The average Bonchev–Trinajstić information content (AvgIpc) is 3.67. The third-order valence-electron chi connectivity index (χ3n) is 9.43. The summed E-state index contributed by atoms with van der Waals surface area (Å²) in [6.45, 7) is 10.5. The molecule has 5 aliphatic rings. The van der Waals surface area contributed by atoms with Gasteiger partial charge in [0.2, 0.25) is 0 Å². The number of rotatable bonds is 5. The Morgan fingerprint density at radius 1 is 0.872 bits per heavy atom. The minimum atomic E-state index is 0.599. The number of aromatic nitrogens is 2. The molecule has 0 amide bonds. The number of piperidine rings is 1. The van der Waals surface area contributed by atoms with Crippen LogP contribution in [0.25, 0.3) is 22.3 Å².